The molecule has 0 bridgehead atoms. The molecule has 18 heteroatoms. The number of carbonyl (C=O) groups is 5. The molecule has 0 unspecified atom stereocenters. The molecule has 9 aromatic rings. The number of alkyl halides is 1. The van der Waals surface area contributed by atoms with Crippen LogP contribution in [0.5, 0.6) is 0 Å². The van der Waals surface area contributed by atoms with Gasteiger partial charge in [-0.2, -0.15) is 15.8 Å². The molecule has 12 rings (SSSR count). The molecule has 0 atom stereocenters. The Morgan fingerprint density at radius 2 is 0.752 bits per heavy atom. The lowest BCUT2D eigenvalue weighted by atomic mass is 10.0. The van der Waals surface area contributed by atoms with Crippen LogP contribution in [0.25, 0.3) is 49.8 Å². The molecule has 3 aliphatic heterocycles. The Balaban J connectivity index is 0.000000209. The summed E-state index contributed by atoms with van der Waals surface area (Å²) in [6.07, 6.45) is 11.0. The second kappa shape index (κ2) is 35.9. The zero-order valence-electron chi connectivity index (χ0n) is 59.3. The van der Waals surface area contributed by atoms with Crippen molar-refractivity contribution in [3.63, 3.8) is 0 Å². The molecule has 3 aromatic heterocycles. The molecular weight excluding hydrogens is 1370 g/mol. The molecule has 3 fully saturated rings. The molecule has 530 valence electrons. The van der Waals surface area contributed by atoms with E-state index in [2.05, 4.69) is 94.3 Å². The number of carbonyl (C=O) groups excluding carboxylic acids is 5. The van der Waals surface area contributed by atoms with Gasteiger partial charge in [-0.05, 0) is 258 Å². The van der Waals surface area contributed by atoms with E-state index in [9.17, 15) is 29.2 Å². The number of amides is 2. The fourth-order valence-electron chi connectivity index (χ4n) is 13.8. The Labute approximate surface area is 611 Å². The first kappa shape index (κ1) is 79.1. The summed E-state index contributed by atoms with van der Waals surface area (Å²) in [5.41, 5.74) is 14.3. The normalized spacial score (nSPS) is 14.0. The zero-order chi connectivity index (χ0) is 71.2. The third-order valence-corrected chi connectivity index (χ3v) is 19.0. The molecule has 2 amide bonds. The maximum absolute atomic E-state index is 13.7. The molecule has 17 nitrogen and oxygen atoms in total. The first-order valence-corrected chi connectivity index (χ1v) is 36.6. The predicted molar refractivity (Wildman–Crippen MR) is 419 cm³/mol. The van der Waals surface area contributed by atoms with Gasteiger partial charge in [0.15, 0.2) is 17.3 Å². The van der Waals surface area contributed by atoms with E-state index in [1.54, 1.807) is 43.3 Å². The van der Waals surface area contributed by atoms with Gasteiger partial charge in [-0.1, -0.05) is 69.7 Å². The van der Waals surface area contributed by atoms with Crippen molar-refractivity contribution in [1.29, 1.82) is 15.8 Å². The summed E-state index contributed by atoms with van der Waals surface area (Å²) in [7, 11) is 3.41. The second-order valence-electron chi connectivity index (χ2n) is 26.9. The van der Waals surface area contributed by atoms with Gasteiger partial charge < -0.3 is 23.3 Å². The Hall–Kier alpha value is -9.23. The first-order chi connectivity index (χ1) is 47.6. The molecular formula is C83H100IN11O6. The van der Waals surface area contributed by atoms with Crippen molar-refractivity contribution in [2.75, 3.05) is 87.7 Å². The number of halogens is 1. The molecule has 101 heavy (non-hydrogen) atoms. The van der Waals surface area contributed by atoms with E-state index >= 15 is 0 Å². The fraction of sp³-hybridized carbons (Fsp3) is 0.398. The van der Waals surface area contributed by atoms with Crippen molar-refractivity contribution >= 4 is 96.0 Å². The third-order valence-electron chi connectivity index (χ3n) is 19.0. The van der Waals surface area contributed by atoms with Gasteiger partial charge in [0.2, 0.25) is 5.91 Å². The number of piperidine rings is 3. The van der Waals surface area contributed by atoms with Crippen molar-refractivity contribution in [2.45, 2.75) is 140 Å². The van der Waals surface area contributed by atoms with Crippen molar-refractivity contribution in [3.05, 3.63) is 183 Å². The summed E-state index contributed by atoms with van der Waals surface area (Å²) >= 11 is 2.15. The van der Waals surface area contributed by atoms with Gasteiger partial charge in [-0.15, -0.1) is 0 Å². The van der Waals surface area contributed by atoms with E-state index in [1.807, 2.05) is 131 Å². The van der Waals surface area contributed by atoms with Gasteiger partial charge in [0.1, 0.15) is 5.60 Å². The number of nitriles is 3. The Morgan fingerprint density at radius 3 is 1.04 bits per heavy atom. The van der Waals surface area contributed by atoms with E-state index in [4.69, 9.17) is 15.3 Å². The van der Waals surface area contributed by atoms with Crippen LogP contribution in [0.3, 0.4) is 0 Å². The Bertz CT molecular complexity index is 4540. The summed E-state index contributed by atoms with van der Waals surface area (Å²) < 4.78 is 11.8. The van der Waals surface area contributed by atoms with Crippen LogP contribution in [0.2, 0.25) is 0 Å². The highest BCUT2D eigenvalue weighted by molar-refractivity contribution is 14.1. The maximum atomic E-state index is 13.7. The summed E-state index contributed by atoms with van der Waals surface area (Å²) in [4.78, 5) is 77.1. The summed E-state index contributed by atoms with van der Waals surface area (Å²) in [6, 6.07) is 46.7. The van der Waals surface area contributed by atoms with Crippen LogP contribution in [-0.4, -0.2) is 141 Å². The van der Waals surface area contributed by atoms with Crippen molar-refractivity contribution in [1.82, 2.24) is 28.4 Å². The van der Waals surface area contributed by atoms with E-state index in [1.165, 1.54) is 49.5 Å². The number of ether oxygens (including phenoxy) is 1. The topological polar surface area (TPSA) is 197 Å². The average molecular weight is 1470 g/mol. The fourth-order valence-corrected chi connectivity index (χ4v) is 13.8. The number of hydrogen-bond acceptors (Lipinski definition) is 12. The van der Waals surface area contributed by atoms with Crippen molar-refractivity contribution < 1.29 is 28.7 Å². The van der Waals surface area contributed by atoms with E-state index in [-0.39, 0.29) is 38.1 Å². The quantitative estimate of drug-likeness (QED) is 0.0536. The number of aryl methyl sites for hydroxylation is 1. The molecule has 6 aromatic carbocycles. The molecule has 0 spiro atoms. The minimum Gasteiger partial charge on any atom is -0.443 e. The number of ketones is 3. The lowest BCUT2D eigenvalue weighted by Gasteiger charge is -2.25. The number of anilines is 2. The summed E-state index contributed by atoms with van der Waals surface area (Å²) in [6.45, 7) is 22.2. The minimum absolute atomic E-state index is 0. The highest BCUT2D eigenvalue weighted by Crippen LogP contribution is 2.37. The van der Waals surface area contributed by atoms with Crippen LogP contribution < -0.4 is 9.80 Å². The van der Waals surface area contributed by atoms with Crippen LogP contribution >= 0.6 is 22.6 Å². The number of benzene rings is 6. The largest absolute Gasteiger partial charge is 0.443 e. The second-order valence-corrected chi connectivity index (χ2v) is 26.9. The Kier molecular flexibility index (Phi) is 28.1. The molecule has 6 heterocycles. The molecule has 0 aliphatic carbocycles. The lowest BCUT2D eigenvalue weighted by Crippen LogP contribution is -2.34. The van der Waals surface area contributed by atoms with Crippen LogP contribution in [0.1, 0.15) is 178 Å². The van der Waals surface area contributed by atoms with Gasteiger partial charge in [0.25, 0.3) is 0 Å². The molecule has 0 N–H and O–H groups in total. The molecule has 0 radical (unpaired) electrons. The monoisotopic (exact) mass is 1470 g/mol. The maximum Gasteiger partial charge on any atom is 0.414 e. The van der Waals surface area contributed by atoms with Gasteiger partial charge >= 0.3 is 6.09 Å². The lowest BCUT2D eigenvalue weighted by molar-refractivity contribution is -0.116. The summed E-state index contributed by atoms with van der Waals surface area (Å²) in [5.74, 6) is 0.317. The van der Waals surface area contributed by atoms with E-state index in [0.717, 1.165) is 149 Å². The smallest absolute Gasteiger partial charge is 0.414 e. The van der Waals surface area contributed by atoms with Gasteiger partial charge in [0, 0.05) is 99.4 Å². The number of rotatable bonds is 15. The average Bonchev–Trinajstić information content (AvgIpc) is 1.62. The number of fused-ring (bicyclic) bond motifs is 3. The molecule has 3 aliphatic rings. The first-order valence-electron chi connectivity index (χ1n) is 34.4. The molecule has 0 saturated carbocycles. The standard InChI is InChI=1S/C29H34N4O3.C26H28N4O2.C25H27N3O.CH3I.2CH4/c1-20-27(26(34)19-32-15-7-6-8-16-32)24-17-23(31(5)28(35)36-29(2,3)4)13-14-25(24)33(20)22-11-9-21(18-30)10-12-22;1-18-26(25(32)17-29-13-5-4-6-14-29)23-15-22(28(3)19(2)31)11-12-24(23)30(18)21-9-7-20(16-27)8-10-21;1-3-19-9-12-23-22(15-19)25(24(29)17-27-13-5-4-6-14-27)18(2)28(23)21-10-7-20(16-26)8-11-21;1-2;;/h9-14,17H,6-8,15-16,19H2,1-5H3;7-12,15H,4-6,13-14,17H2,1-3H3;7-12,15H,3-6,13-14,17H2,1-2H3;1H3;2*1H4. The highest BCUT2D eigenvalue weighted by atomic mass is 127. The van der Waals surface area contributed by atoms with Crippen LogP contribution in [0.15, 0.2) is 127 Å². The number of nitrogens with zero attached hydrogens (tertiary/aromatic N) is 11. The van der Waals surface area contributed by atoms with E-state index < -0.39 is 11.7 Å². The van der Waals surface area contributed by atoms with Gasteiger partial charge in [-0.25, -0.2) is 4.79 Å². The minimum atomic E-state index is -0.611. The van der Waals surface area contributed by atoms with Crippen LogP contribution in [-0.2, 0) is 16.0 Å². The van der Waals surface area contributed by atoms with Gasteiger partial charge in [-0.3, -0.25) is 38.8 Å². The van der Waals surface area contributed by atoms with Crippen LogP contribution in [0, 0.1) is 54.8 Å². The summed E-state index contributed by atoms with van der Waals surface area (Å²) in [5, 5.41) is 30.1. The van der Waals surface area contributed by atoms with Crippen molar-refractivity contribution in [3.8, 4) is 35.3 Å². The number of hydrogen-bond donors (Lipinski definition) is 0. The molecule has 3 saturated heterocycles. The van der Waals surface area contributed by atoms with Gasteiger partial charge in [0.05, 0.1) is 71.1 Å². The Morgan fingerprint density at radius 1 is 0.455 bits per heavy atom. The van der Waals surface area contributed by atoms with Crippen molar-refractivity contribution in [2.24, 2.45) is 0 Å². The third kappa shape index (κ3) is 18.5. The SMILES string of the molecule is C.C.CC(=O)N(C)c1ccc2c(c1)c(C(=O)CN1CCCCC1)c(C)n2-c1ccc(C#N)cc1.CCc1ccc2c(c1)c(C(=O)CN1CCCCC1)c(C)n2-c1ccc(C#N)cc1.CI.Cc1c(C(=O)CN2CCCCC2)c2cc(N(C)C(=O)OC(C)(C)C)ccc2n1-c1ccc(C#N)cc1. The number of likely N-dealkylation sites (tertiary alicyclic amines) is 3. The number of Topliss-reactive ketones (excluding diaryl/α,β-unsaturated/α-hetero) is 3. The van der Waals surface area contributed by atoms with Crippen LogP contribution in [0.4, 0.5) is 16.2 Å². The zero-order valence-corrected chi connectivity index (χ0v) is 61.5. The van der Waals surface area contributed by atoms with E-state index in [0.29, 0.717) is 53.1 Å². The highest BCUT2D eigenvalue weighted by Gasteiger charge is 2.29. The number of aromatic nitrogens is 3. The predicted octanol–water partition coefficient (Wildman–Crippen LogP) is 17.7.